The van der Waals surface area contributed by atoms with Gasteiger partial charge in [0.2, 0.25) is 5.91 Å². The van der Waals surface area contributed by atoms with E-state index in [0.717, 1.165) is 5.52 Å². The predicted octanol–water partition coefficient (Wildman–Crippen LogP) is 2.48. The van der Waals surface area contributed by atoms with Crippen molar-refractivity contribution in [2.75, 3.05) is 5.32 Å². The molecule has 0 spiro atoms. The smallest absolute Gasteiger partial charge is 0.303 e. The van der Waals surface area contributed by atoms with Gasteiger partial charge in [-0.3, -0.25) is 14.4 Å². The molecule has 3 N–H and O–H groups in total. The number of rotatable bonds is 4. The van der Waals surface area contributed by atoms with Crippen molar-refractivity contribution >= 4 is 39.4 Å². The number of H-pyrrole nitrogens is 1. The Kier molecular flexibility index (Phi) is 3.80. The Bertz CT molecular complexity index is 975. The Morgan fingerprint density at radius 3 is 2.52 bits per heavy atom. The number of fused-ring (bicyclic) bond motifs is 2. The maximum Gasteiger partial charge on any atom is 0.303 e. The fraction of sp³-hybridized carbons (Fsp3) is 0.118. The number of hydrogen-bond acceptors (Lipinski definition) is 3. The second-order valence-corrected chi connectivity index (χ2v) is 5.20. The molecule has 0 aliphatic rings. The van der Waals surface area contributed by atoms with Crippen molar-refractivity contribution < 1.29 is 14.7 Å². The van der Waals surface area contributed by atoms with Crippen molar-refractivity contribution in [3.63, 3.8) is 0 Å². The van der Waals surface area contributed by atoms with Crippen molar-refractivity contribution in [1.82, 2.24) is 4.98 Å². The number of hydrogen-bond donors (Lipinski definition) is 3. The molecule has 6 heteroatoms. The van der Waals surface area contributed by atoms with Crippen LogP contribution in [-0.4, -0.2) is 22.0 Å². The molecule has 0 saturated carbocycles. The molecule has 0 atom stereocenters. The molecule has 1 heterocycles. The molecule has 0 radical (unpaired) electrons. The third-order valence-corrected chi connectivity index (χ3v) is 3.55. The van der Waals surface area contributed by atoms with Crippen LogP contribution in [0, 0.1) is 0 Å². The zero-order chi connectivity index (χ0) is 16.4. The Balaban J connectivity index is 1.97. The van der Waals surface area contributed by atoms with Gasteiger partial charge in [0.1, 0.15) is 0 Å². The first-order chi connectivity index (χ1) is 11.0. The van der Waals surface area contributed by atoms with Gasteiger partial charge >= 0.3 is 5.97 Å². The quantitative estimate of drug-likeness (QED) is 0.645. The van der Waals surface area contributed by atoms with Gasteiger partial charge in [-0.15, -0.1) is 0 Å². The number of anilines is 1. The fourth-order valence-corrected chi connectivity index (χ4v) is 2.44. The summed E-state index contributed by atoms with van der Waals surface area (Å²) >= 11 is 0. The lowest BCUT2D eigenvalue weighted by Gasteiger charge is -2.07. The number of aromatic nitrogens is 1. The lowest BCUT2D eigenvalue weighted by molar-refractivity contribution is -0.138. The Hall–Kier alpha value is -3.15. The van der Waals surface area contributed by atoms with Crippen molar-refractivity contribution in [3.8, 4) is 0 Å². The summed E-state index contributed by atoms with van der Waals surface area (Å²) in [5, 5.41) is 12.2. The summed E-state index contributed by atoms with van der Waals surface area (Å²) < 4.78 is 0. The molecule has 3 rings (SSSR count). The molecule has 6 nitrogen and oxygen atoms in total. The highest BCUT2D eigenvalue weighted by molar-refractivity contribution is 5.97. The van der Waals surface area contributed by atoms with Crippen LogP contribution in [0.4, 0.5) is 5.69 Å². The van der Waals surface area contributed by atoms with E-state index in [2.05, 4.69) is 10.3 Å². The number of nitrogens with one attached hydrogen (secondary N) is 2. The van der Waals surface area contributed by atoms with E-state index in [1.54, 1.807) is 30.3 Å². The zero-order valence-electron chi connectivity index (χ0n) is 12.1. The van der Waals surface area contributed by atoms with Crippen LogP contribution in [0.2, 0.25) is 0 Å². The first-order valence-corrected chi connectivity index (χ1v) is 7.11. The van der Waals surface area contributed by atoms with Crippen LogP contribution in [0.15, 0.2) is 47.3 Å². The minimum absolute atomic E-state index is 0.110. The summed E-state index contributed by atoms with van der Waals surface area (Å²) in [5.41, 5.74) is 1.78. The van der Waals surface area contributed by atoms with Crippen LogP contribution >= 0.6 is 0 Å². The van der Waals surface area contributed by atoms with Gasteiger partial charge in [-0.2, -0.15) is 0 Å². The van der Waals surface area contributed by atoms with Crippen LogP contribution < -0.4 is 10.7 Å². The number of benzene rings is 2. The summed E-state index contributed by atoms with van der Waals surface area (Å²) in [6.07, 6.45) is -0.341. The average Bonchev–Trinajstić information content (AvgIpc) is 2.54. The monoisotopic (exact) mass is 310 g/mol. The molecule has 3 aromatic rings. The SMILES string of the molecule is O=C(O)CCC(=O)Nc1ccc2[nH]c3ccccc3c(=O)c2c1. The second-order valence-electron chi connectivity index (χ2n) is 5.20. The maximum absolute atomic E-state index is 12.5. The van der Waals surface area contributed by atoms with Crippen LogP contribution in [-0.2, 0) is 9.59 Å². The zero-order valence-corrected chi connectivity index (χ0v) is 12.1. The Morgan fingerprint density at radius 1 is 1.00 bits per heavy atom. The highest BCUT2D eigenvalue weighted by Gasteiger charge is 2.09. The van der Waals surface area contributed by atoms with E-state index in [-0.39, 0.29) is 18.3 Å². The average molecular weight is 310 g/mol. The van der Waals surface area contributed by atoms with E-state index < -0.39 is 11.9 Å². The van der Waals surface area contributed by atoms with Gasteiger partial charge in [-0.25, -0.2) is 0 Å². The number of carboxylic acids is 1. The van der Waals surface area contributed by atoms with E-state index in [9.17, 15) is 14.4 Å². The molecule has 2 aromatic carbocycles. The standard InChI is InChI=1S/C17H14N2O4/c20-15(7-8-16(21)22)18-10-5-6-14-12(9-10)17(23)11-3-1-2-4-13(11)19-14/h1-6,9H,7-8H2,(H,18,20)(H,19,23)(H,21,22). The minimum Gasteiger partial charge on any atom is -0.481 e. The third-order valence-electron chi connectivity index (χ3n) is 3.55. The second kappa shape index (κ2) is 5.92. The molecular weight excluding hydrogens is 296 g/mol. The van der Waals surface area contributed by atoms with Crippen molar-refractivity contribution in [3.05, 3.63) is 52.7 Å². The summed E-state index contributed by atoms with van der Waals surface area (Å²) in [6, 6.07) is 12.2. The van der Waals surface area contributed by atoms with Gasteiger partial charge < -0.3 is 15.4 Å². The van der Waals surface area contributed by atoms with Crippen molar-refractivity contribution in [2.45, 2.75) is 12.8 Å². The Labute approximate surface area is 130 Å². The topological polar surface area (TPSA) is 99.3 Å². The molecule has 0 aliphatic heterocycles. The van der Waals surface area contributed by atoms with Gasteiger partial charge in [0.05, 0.1) is 6.42 Å². The highest BCUT2D eigenvalue weighted by atomic mass is 16.4. The molecule has 23 heavy (non-hydrogen) atoms. The van der Waals surface area contributed by atoms with Crippen molar-refractivity contribution in [2.24, 2.45) is 0 Å². The highest BCUT2D eigenvalue weighted by Crippen LogP contribution is 2.18. The number of carbonyl (C=O) groups is 2. The molecular formula is C17H14N2O4. The number of carboxylic acid groups (broad SMARTS) is 1. The van der Waals surface area contributed by atoms with E-state index in [1.165, 1.54) is 0 Å². The van der Waals surface area contributed by atoms with E-state index in [0.29, 0.717) is 22.0 Å². The summed E-state index contributed by atoms with van der Waals surface area (Å²) in [4.78, 5) is 37.9. The normalized spacial score (nSPS) is 10.8. The lowest BCUT2D eigenvalue weighted by atomic mass is 10.1. The molecule has 0 saturated heterocycles. The van der Waals surface area contributed by atoms with Crippen molar-refractivity contribution in [1.29, 1.82) is 0 Å². The summed E-state index contributed by atoms with van der Waals surface area (Å²) in [5.74, 6) is -1.43. The van der Waals surface area contributed by atoms with E-state index in [4.69, 9.17) is 5.11 Å². The minimum atomic E-state index is -1.03. The summed E-state index contributed by atoms with van der Waals surface area (Å²) in [7, 11) is 0. The first-order valence-electron chi connectivity index (χ1n) is 7.11. The molecule has 0 unspecified atom stereocenters. The summed E-state index contributed by atoms with van der Waals surface area (Å²) in [6.45, 7) is 0. The van der Waals surface area contributed by atoms with Gasteiger partial charge in [0.25, 0.3) is 0 Å². The molecule has 0 aliphatic carbocycles. The van der Waals surface area contributed by atoms with Gasteiger partial charge in [0.15, 0.2) is 5.43 Å². The number of aromatic amines is 1. The molecule has 0 fully saturated rings. The largest absolute Gasteiger partial charge is 0.481 e. The number of aliphatic carboxylic acids is 1. The number of pyridine rings is 1. The van der Waals surface area contributed by atoms with Gasteiger partial charge in [0, 0.05) is 33.9 Å². The molecule has 0 bridgehead atoms. The van der Waals surface area contributed by atoms with E-state index >= 15 is 0 Å². The number of para-hydroxylation sites is 1. The van der Waals surface area contributed by atoms with Crippen LogP contribution in [0.25, 0.3) is 21.8 Å². The van der Waals surface area contributed by atoms with Gasteiger partial charge in [-0.1, -0.05) is 12.1 Å². The first kappa shape index (κ1) is 14.8. The van der Waals surface area contributed by atoms with Crippen LogP contribution in [0.5, 0.6) is 0 Å². The van der Waals surface area contributed by atoms with Gasteiger partial charge in [-0.05, 0) is 30.3 Å². The molecule has 1 amide bonds. The third kappa shape index (κ3) is 3.06. The van der Waals surface area contributed by atoms with E-state index in [1.807, 2.05) is 12.1 Å². The maximum atomic E-state index is 12.5. The number of carbonyl (C=O) groups excluding carboxylic acids is 1. The molecule has 116 valence electrons. The van der Waals surface area contributed by atoms with Crippen LogP contribution in [0.3, 0.4) is 0 Å². The van der Waals surface area contributed by atoms with Crippen LogP contribution in [0.1, 0.15) is 12.8 Å². The Morgan fingerprint density at radius 2 is 1.74 bits per heavy atom. The lowest BCUT2D eigenvalue weighted by Crippen LogP contribution is -2.13. The molecule has 1 aromatic heterocycles. The number of amides is 1. The predicted molar refractivity (Wildman–Crippen MR) is 87.6 cm³/mol. The fourth-order valence-electron chi connectivity index (χ4n) is 2.44.